The van der Waals surface area contributed by atoms with Gasteiger partial charge in [0.1, 0.15) is 18.2 Å². The lowest BCUT2D eigenvalue weighted by Crippen LogP contribution is -2.18. The first-order valence-electron chi connectivity index (χ1n) is 6.34. The lowest BCUT2D eigenvalue weighted by atomic mass is 9.96. The van der Waals surface area contributed by atoms with Gasteiger partial charge in [0.15, 0.2) is 0 Å². The van der Waals surface area contributed by atoms with Crippen LogP contribution in [0.3, 0.4) is 0 Å². The van der Waals surface area contributed by atoms with Crippen LogP contribution in [0, 0.1) is 0 Å². The van der Waals surface area contributed by atoms with Crippen molar-refractivity contribution in [1.82, 2.24) is 9.97 Å². The molecule has 0 aliphatic carbocycles. The third-order valence-corrected chi connectivity index (χ3v) is 2.27. The Kier molecular flexibility index (Phi) is 5.34. The molecule has 1 rings (SSSR count). The number of ether oxygens (including phenoxy) is 1. The maximum Gasteiger partial charge on any atom is 0.218 e. The Hall–Kier alpha value is -1.36. The quantitative estimate of drug-likeness (QED) is 0.811. The van der Waals surface area contributed by atoms with E-state index in [1.54, 1.807) is 6.07 Å². The zero-order valence-electron chi connectivity index (χ0n) is 11.7. The fourth-order valence-electron chi connectivity index (χ4n) is 1.33. The van der Waals surface area contributed by atoms with Crippen molar-refractivity contribution in [3.05, 3.63) is 11.9 Å². The molecule has 0 fully saturated rings. The predicted molar refractivity (Wildman–Crippen MR) is 72.1 cm³/mol. The smallest absolute Gasteiger partial charge is 0.218 e. The molecule has 1 aromatic rings. The number of hydrogen-bond donors (Lipinski definition) is 2. The monoisotopic (exact) mass is 253 g/mol. The van der Waals surface area contributed by atoms with Gasteiger partial charge in [-0.2, -0.15) is 4.98 Å². The second kappa shape index (κ2) is 6.54. The summed E-state index contributed by atoms with van der Waals surface area (Å²) in [5.74, 6) is 2.00. The van der Waals surface area contributed by atoms with Crippen LogP contribution in [-0.2, 0) is 5.41 Å². The maximum atomic E-state index is 8.78. The first-order valence-corrected chi connectivity index (χ1v) is 6.34. The van der Waals surface area contributed by atoms with Gasteiger partial charge in [-0.3, -0.25) is 0 Å². The van der Waals surface area contributed by atoms with Crippen molar-refractivity contribution >= 4 is 5.82 Å². The molecular weight excluding hydrogens is 230 g/mol. The van der Waals surface area contributed by atoms with E-state index in [0.717, 1.165) is 24.6 Å². The molecule has 0 aliphatic rings. The summed E-state index contributed by atoms with van der Waals surface area (Å²) in [5, 5.41) is 12.0. The van der Waals surface area contributed by atoms with Crippen molar-refractivity contribution in [3.8, 4) is 5.88 Å². The SMILES string of the molecule is CCCNc1cc(OCCO)nc(C(C)(C)C)n1. The fourth-order valence-corrected chi connectivity index (χ4v) is 1.33. The third-order valence-electron chi connectivity index (χ3n) is 2.27. The average Bonchev–Trinajstić information content (AvgIpc) is 2.32. The van der Waals surface area contributed by atoms with Crippen LogP contribution in [0.2, 0.25) is 0 Å². The standard InChI is InChI=1S/C13H23N3O2/c1-5-6-14-10-9-11(18-8-7-17)16-12(15-10)13(2,3)4/h9,17H,5-8H2,1-4H3,(H,14,15,16). The normalized spacial score (nSPS) is 11.4. The Morgan fingerprint density at radius 2 is 2.06 bits per heavy atom. The Labute approximate surface area is 109 Å². The van der Waals surface area contributed by atoms with Crippen molar-refractivity contribution in [3.63, 3.8) is 0 Å². The number of hydrogen-bond acceptors (Lipinski definition) is 5. The largest absolute Gasteiger partial charge is 0.475 e. The Bertz CT molecular complexity index is 349. The number of anilines is 1. The summed E-state index contributed by atoms with van der Waals surface area (Å²) in [4.78, 5) is 8.85. The zero-order chi connectivity index (χ0) is 13.6. The van der Waals surface area contributed by atoms with E-state index in [1.165, 1.54) is 0 Å². The van der Waals surface area contributed by atoms with Crippen molar-refractivity contribution < 1.29 is 9.84 Å². The van der Waals surface area contributed by atoms with Crippen LogP contribution < -0.4 is 10.1 Å². The van der Waals surface area contributed by atoms with Crippen LogP contribution in [0.25, 0.3) is 0 Å². The highest BCUT2D eigenvalue weighted by Crippen LogP contribution is 2.23. The Balaban J connectivity index is 2.96. The minimum atomic E-state index is -0.138. The first-order chi connectivity index (χ1) is 8.47. The molecule has 0 spiro atoms. The van der Waals surface area contributed by atoms with Crippen LogP contribution in [0.4, 0.5) is 5.82 Å². The molecule has 0 aromatic carbocycles. The first kappa shape index (κ1) is 14.7. The summed E-state index contributed by atoms with van der Waals surface area (Å²) in [6, 6.07) is 1.76. The summed E-state index contributed by atoms with van der Waals surface area (Å²) < 4.78 is 5.37. The minimum absolute atomic E-state index is 0.0213. The van der Waals surface area contributed by atoms with Gasteiger partial charge in [-0.15, -0.1) is 0 Å². The fraction of sp³-hybridized carbons (Fsp3) is 0.692. The highest BCUT2D eigenvalue weighted by molar-refractivity contribution is 5.39. The molecule has 0 saturated carbocycles. The molecule has 5 heteroatoms. The van der Waals surface area contributed by atoms with Gasteiger partial charge in [0.2, 0.25) is 5.88 Å². The third kappa shape index (κ3) is 4.49. The molecule has 2 N–H and O–H groups in total. The molecule has 0 radical (unpaired) electrons. The average molecular weight is 253 g/mol. The predicted octanol–water partition coefficient (Wildman–Crippen LogP) is 1.97. The summed E-state index contributed by atoms with van der Waals surface area (Å²) in [7, 11) is 0. The van der Waals surface area contributed by atoms with Crippen LogP contribution in [0.1, 0.15) is 39.9 Å². The Morgan fingerprint density at radius 3 is 2.61 bits per heavy atom. The van der Waals surface area contributed by atoms with E-state index in [2.05, 4.69) is 43.0 Å². The number of nitrogens with one attached hydrogen (secondary N) is 1. The molecular formula is C13H23N3O2. The highest BCUT2D eigenvalue weighted by atomic mass is 16.5. The Morgan fingerprint density at radius 1 is 1.33 bits per heavy atom. The second-order valence-electron chi connectivity index (χ2n) is 5.16. The van der Waals surface area contributed by atoms with E-state index < -0.39 is 0 Å². The van der Waals surface area contributed by atoms with Gasteiger partial charge in [-0.05, 0) is 6.42 Å². The van der Waals surface area contributed by atoms with Crippen LogP contribution in [0.15, 0.2) is 6.07 Å². The van der Waals surface area contributed by atoms with Gasteiger partial charge < -0.3 is 15.2 Å². The van der Waals surface area contributed by atoms with Crippen molar-refractivity contribution in [2.24, 2.45) is 0 Å². The molecule has 0 amide bonds. The number of aromatic nitrogens is 2. The number of aliphatic hydroxyl groups excluding tert-OH is 1. The molecule has 1 heterocycles. The van der Waals surface area contributed by atoms with Gasteiger partial charge in [0.25, 0.3) is 0 Å². The molecule has 18 heavy (non-hydrogen) atoms. The van der Waals surface area contributed by atoms with Gasteiger partial charge in [0.05, 0.1) is 6.61 Å². The summed E-state index contributed by atoms with van der Waals surface area (Å²) in [6.45, 7) is 9.35. The lowest BCUT2D eigenvalue weighted by molar-refractivity contribution is 0.196. The van der Waals surface area contributed by atoms with Gasteiger partial charge in [0, 0.05) is 18.0 Å². The van der Waals surface area contributed by atoms with Crippen molar-refractivity contribution in [2.45, 2.75) is 39.5 Å². The molecule has 0 atom stereocenters. The van der Waals surface area contributed by atoms with Crippen LogP contribution >= 0.6 is 0 Å². The zero-order valence-corrected chi connectivity index (χ0v) is 11.7. The topological polar surface area (TPSA) is 67.3 Å². The van der Waals surface area contributed by atoms with Crippen LogP contribution in [0.5, 0.6) is 5.88 Å². The van der Waals surface area contributed by atoms with Crippen LogP contribution in [-0.4, -0.2) is 34.8 Å². The highest BCUT2D eigenvalue weighted by Gasteiger charge is 2.19. The summed E-state index contributed by atoms with van der Waals surface area (Å²) in [6.07, 6.45) is 1.03. The number of aliphatic hydroxyl groups is 1. The van der Waals surface area contributed by atoms with Crippen molar-refractivity contribution in [1.29, 1.82) is 0 Å². The minimum Gasteiger partial charge on any atom is -0.475 e. The number of rotatable bonds is 6. The van der Waals surface area contributed by atoms with Gasteiger partial charge in [-0.25, -0.2) is 4.98 Å². The van der Waals surface area contributed by atoms with E-state index in [1.807, 2.05) is 0 Å². The molecule has 0 aliphatic heterocycles. The molecule has 0 unspecified atom stereocenters. The van der Waals surface area contributed by atoms with Crippen molar-refractivity contribution in [2.75, 3.05) is 25.1 Å². The maximum absolute atomic E-state index is 8.78. The van der Waals surface area contributed by atoms with E-state index in [0.29, 0.717) is 5.88 Å². The lowest BCUT2D eigenvalue weighted by Gasteiger charge is -2.18. The van der Waals surface area contributed by atoms with E-state index in [9.17, 15) is 0 Å². The summed E-state index contributed by atoms with van der Waals surface area (Å²) >= 11 is 0. The summed E-state index contributed by atoms with van der Waals surface area (Å²) in [5.41, 5.74) is -0.138. The molecule has 0 bridgehead atoms. The molecule has 5 nitrogen and oxygen atoms in total. The molecule has 1 aromatic heterocycles. The van der Waals surface area contributed by atoms with Gasteiger partial charge in [-0.1, -0.05) is 27.7 Å². The van der Waals surface area contributed by atoms with Gasteiger partial charge >= 0.3 is 0 Å². The van der Waals surface area contributed by atoms with E-state index >= 15 is 0 Å². The molecule has 102 valence electrons. The number of nitrogens with zero attached hydrogens (tertiary/aromatic N) is 2. The second-order valence-corrected chi connectivity index (χ2v) is 5.16. The molecule has 0 saturated heterocycles. The van der Waals surface area contributed by atoms with E-state index in [-0.39, 0.29) is 18.6 Å². The van der Waals surface area contributed by atoms with E-state index in [4.69, 9.17) is 9.84 Å².